The van der Waals surface area contributed by atoms with Crippen LogP contribution in [-0.4, -0.2) is 37.0 Å². The molecular weight excluding hydrogens is 416 g/mol. The Morgan fingerprint density at radius 3 is 2.75 bits per heavy atom. The molecule has 2 heterocycles. The van der Waals surface area contributed by atoms with Crippen LogP contribution in [0.3, 0.4) is 0 Å². The Balaban J connectivity index is 1.51. The number of hydrogen-bond donors (Lipinski definition) is 1. The van der Waals surface area contributed by atoms with E-state index in [-0.39, 0.29) is 18.1 Å². The van der Waals surface area contributed by atoms with Crippen LogP contribution >= 0.6 is 0 Å². The lowest BCUT2D eigenvalue weighted by atomic mass is 10.2. The van der Waals surface area contributed by atoms with E-state index in [1.54, 1.807) is 42.9 Å². The fourth-order valence-electron chi connectivity index (χ4n) is 3.26. The van der Waals surface area contributed by atoms with E-state index in [0.29, 0.717) is 34.8 Å². The number of non-ortho nitro benzene ring substituents is 1. The third-order valence-electron chi connectivity index (χ3n) is 4.83. The molecule has 0 aliphatic heterocycles. The van der Waals surface area contributed by atoms with Crippen LogP contribution in [0.4, 0.5) is 11.4 Å². The second kappa shape index (κ2) is 8.76. The average Bonchev–Trinajstić information content (AvgIpc) is 3.37. The van der Waals surface area contributed by atoms with Gasteiger partial charge in [-0.05, 0) is 6.07 Å². The van der Waals surface area contributed by atoms with Gasteiger partial charge in [-0.2, -0.15) is 0 Å². The molecule has 11 nitrogen and oxygen atoms in total. The number of amides is 1. The van der Waals surface area contributed by atoms with E-state index >= 15 is 0 Å². The molecule has 0 atom stereocenters. The molecule has 0 unspecified atom stereocenters. The Bertz CT molecular complexity index is 1300. The number of anilines is 1. The third-order valence-corrected chi connectivity index (χ3v) is 4.83. The Kier molecular flexibility index (Phi) is 5.71. The number of para-hydroxylation sites is 1. The van der Waals surface area contributed by atoms with Crippen molar-refractivity contribution < 1.29 is 19.2 Å². The number of nitro benzene ring substituents is 1. The van der Waals surface area contributed by atoms with E-state index in [9.17, 15) is 14.9 Å². The maximum atomic E-state index is 12.7. The Morgan fingerprint density at radius 2 is 2.03 bits per heavy atom. The first-order valence-electron chi connectivity index (χ1n) is 9.60. The van der Waals surface area contributed by atoms with Crippen LogP contribution in [0.15, 0.2) is 55.2 Å². The van der Waals surface area contributed by atoms with E-state index in [0.717, 1.165) is 5.69 Å². The van der Waals surface area contributed by atoms with Crippen LogP contribution in [0.25, 0.3) is 11.0 Å². The van der Waals surface area contributed by atoms with Gasteiger partial charge in [0.15, 0.2) is 0 Å². The number of imidazole rings is 2. The molecular formula is C21H20N6O5. The Morgan fingerprint density at radius 1 is 1.22 bits per heavy atom. The van der Waals surface area contributed by atoms with Gasteiger partial charge in [-0.1, -0.05) is 6.07 Å². The first-order chi connectivity index (χ1) is 15.4. The highest BCUT2D eigenvalue weighted by molar-refractivity contribution is 5.93. The van der Waals surface area contributed by atoms with E-state index in [1.165, 1.54) is 24.1 Å². The second-order valence-electron chi connectivity index (χ2n) is 7.00. The summed E-state index contributed by atoms with van der Waals surface area (Å²) in [5.74, 6) is 0.629. The fraction of sp³-hybridized carbons (Fsp3) is 0.190. The van der Waals surface area contributed by atoms with Gasteiger partial charge in [0.05, 0.1) is 42.1 Å². The predicted octanol–water partition coefficient (Wildman–Crippen LogP) is 2.90. The molecule has 0 bridgehead atoms. The van der Waals surface area contributed by atoms with Crippen molar-refractivity contribution in [3.8, 4) is 11.5 Å². The van der Waals surface area contributed by atoms with E-state index < -0.39 is 4.92 Å². The number of benzene rings is 2. The van der Waals surface area contributed by atoms with Crippen LogP contribution in [0.1, 0.15) is 5.69 Å². The molecule has 1 amide bonds. The van der Waals surface area contributed by atoms with Crippen molar-refractivity contribution in [2.24, 2.45) is 7.05 Å². The largest absolute Gasteiger partial charge is 0.497 e. The van der Waals surface area contributed by atoms with Gasteiger partial charge in [-0.25, -0.2) is 9.97 Å². The minimum absolute atomic E-state index is 0.111. The number of rotatable bonds is 8. The normalized spacial score (nSPS) is 10.8. The minimum atomic E-state index is -0.494. The van der Waals surface area contributed by atoms with Gasteiger partial charge >= 0.3 is 0 Å². The fourth-order valence-corrected chi connectivity index (χ4v) is 3.26. The van der Waals surface area contributed by atoms with Crippen LogP contribution in [0, 0.1) is 10.1 Å². The van der Waals surface area contributed by atoms with Gasteiger partial charge in [0.2, 0.25) is 5.91 Å². The first kappa shape index (κ1) is 20.8. The van der Waals surface area contributed by atoms with E-state index in [2.05, 4.69) is 15.3 Å². The van der Waals surface area contributed by atoms with Crippen LogP contribution in [-0.2, 0) is 25.0 Å². The lowest BCUT2D eigenvalue weighted by Crippen LogP contribution is -2.18. The van der Waals surface area contributed by atoms with Crippen LogP contribution < -0.4 is 14.8 Å². The molecule has 164 valence electrons. The second-order valence-corrected chi connectivity index (χ2v) is 7.00. The molecule has 4 aromatic rings. The molecule has 11 heteroatoms. The summed E-state index contributed by atoms with van der Waals surface area (Å²) in [6, 6.07) is 9.63. The number of methoxy groups -OCH3 is 1. The van der Waals surface area contributed by atoms with Crippen molar-refractivity contribution in [3.05, 3.63) is 71.1 Å². The van der Waals surface area contributed by atoms with Gasteiger partial charge in [-0.15, -0.1) is 0 Å². The summed E-state index contributed by atoms with van der Waals surface area (Å²) in [5, 5.41) is 14.1. The maximum absolute atomic E-state index is 12.7. The molecule has 4 rings (SSSR count). The van der Waals surface area contributed by atoms with Crippen molar-refractivity contribution in [1.29, 1.82) is 0 Å². The number of aromatic nitrogens is 4. The summed E-state index contributed by atoms with van der Waals surface area (Å²) in [7, 11) is 3.38. The highest BCUT2D eigenvalue weighted by Gasteiger charge is 2.18. The highest BCUT2D eigenvalue weighted by Crippen LogP contribution is 2.28. The molecule has 1 N–H and O–H groups in total. The number of carbonyl (C=O) groups is 1. The molecule has 2 aromatic heterocycles. The van der Waals surface area contributed by atoms with Gasteiger partial charge in [0.25, 0.3) is 5.69 Å². The number of aryl methyl sites for hydroxylation is 1. The summed E-state index contributed by atoms with van der Waals surface area (Å²) < 4.78 is 14.4. The number of nitrogens with one attached hydrogen (secondary N) is 1. The summed E-state index contributed by atoms with van der Waals surface area (Å²) >= 11 is 0. The standard InChI is InChI=1S/C21H20N6O5/c1-25-12-22-9-15(25)11-32-17-7-14(6-16(8-17)31-2)24-20(28)10-26-13-23-18-4-3-5-19(21(18)26)27(29)30/h3-9,12-13H,10-11H2,1-2H3,(H,24,28). The summed E-state index contributed by atoms with van der Waals surface area (Å²) in [6.07, 6.45) is 4.79. The van der Waals surface area contributed by atoms with Crippen molar-refractivity contribution in [2.75, 3.05) is 12.4 Å². The topological polar surface area (TPSA) is 126 Å². The van der Waals surface area contributed by atoms with Crippen molar-refractivity contribution in [1.82, 2.24) is 19.1 Å². The molecule has 0 aliphatic carbocycles. The van der Waals surface area contributed by atoms with Gasteiger partial charge in [0.1, 0.15) is 30.2 Å². The van der Waals surface area contributed by atoms with E-state index in [1.807, 2.05) is 11.6 Å². The van der Waals surface area contributed by atoms with Gasteiger partial charge in [0, 0.05) is 37.0 Å². The summed E-state index contributed by atoms with van der Waals surface area (Å²) in [5.41, 5.74) is 1.97. The van der Waals surface area contributed by atoms with Crippen molar-refractivity contribution in [3.63, 3.8) is 0 Å². The number of carbonyl (C=O) groups excluding carboxylic acids is 1. The monoisotopic (exact) mass is 436 g/mol. The molecule has 2 aromatic carbocycles. The zero-order chi connectivity index (χ0) is 22.7. The quantitative estimate of drug-likeness (QED) is 0.332. The number of fused-ring (bicyclic) bond motifs is 1. The molecule has 0 spiro atoms. The maximum Gasteiger partial charge on any atom is 0.295 e. The number of hydrogen-bond acceptors (Lipinski definition) is 7. The average molecular weight is 436 g/mol. The Hall–Kier alpha value is -4.41. The number of nitro groups is 1. The zero-order valence-electron chi connectivity index (χ0n) is 17.4. The summed E-state index contributed by atoms with van der Waals surface area (Å²) in [6.45, 7) is 0.144. The molecule has 0 saturated carbocycles. The van der Waals surface area contributed by atoms with E-state index in [4.69, 9.17) is 9.47 Å². The molecule has 0 fully saturated rings. The van der Waals surface area contributed by atoms with Crippen LogP contribution in [0.5, 0.6) is 11.5 Å². The lowest BCUT2D eigenvalue weighted by molar-refractivity contribution is -0.383. The van der Waals surface area contributed by atoms with Crippen LogP contribution in [0.2, 0.25) is 0 Å². The lowest BCUT2D eigenvalue weighted by Gasteiger charge is -2.12. The van der Waals surface area contributed by atoms with Crippen molar-refractivity contribution >= 4 is 28.3 Å². The predicted molar refractivity (Wildman–Crippen MR) is 116 cm³/mol. The molecule has 0 saturated heterocycles. The van der Waals surface area contributed by atoms with Gasteiger partial charge in [-0.3, -0.25) is 14.9 Å². The smallest absolute Gasteiger partial charge is 0.295 e. The minimum Gasteiger partial charge on any atom is -0.497 e. The molecule has 32 heavy (non-hydrogen) atoms. The third kappa shape index (κ3) is 4.36. The Labute approximate surface area is 182 Å². The van der Waals surface area contributed by atoms with Crippen molar-refractivity contribution in [2.45, 2.75) is 13.2 Å². The first-order valence-corrected chi connectivity index (χ1v) is 9.60. The summed E-state index contributed by atoms with van der Waals surface area (Å²) in [4.78, 5) is 31.7. The van der Waals surface area contributed by atoms with Gasteiger partial charge < -0.3 is 23.9 Å². The number of nitrogens with zero attached hydrogens (tertiary/aromatic N) is 5. The highest BCUT2D eigenvalue weighted by atomic mass is 16.6. The SMILES string of the molecule is COc1cc(NC(=O)Cn2cnc3cccc([N+](=O)[O-])c32)cc(OCc2cncn2C)c1. The molecule has 0 aliphatic rings. The molecule has 0 radical (unpaired) electrons. The zero-order valence-corrected chi connectivity index (χ0v) is 17.4. The number of ether oxygens (including phenoxy) is 2.